The molecule has 1 amide bonds. The number of hydrogen-bond donors (Lipinski definition) is 0. The van der Waals surface area contributed by atoms with Gasteiger partial charge in [0.2, 0.25) is 17.8 Å². The summed E-state index contributed by atoms with van der Waals surface area (Å²) < 4.78 is 25.9. The summed E-state index contributed by atoms with van der Waals surface area (Å²) in [6.45, 7) is 0.468. The maximum absolute atomic E-state index is 13.0. The van der Waals surface area contributed by atoms with E-state index in [1.165, 1.54) is 4.90 Å². The number of carbonyl (C=O) groups excluding carboxylic acids is 1. The molecule has 2 rings (SSSR count). The molecule has 1 aliphatic heterocycles. The fourth-order valence-electron chi connectivity index (χ4n) is 1.91. The lowest BCUT2D eigenvalue weighted by Gasteiger charge is -2.16. The summed E-state index contributed by atoms with van der Waals surface area (Å²) >= 11 is 0. The van der Waals surface area contributed by atoms with Crippen molar-refractivity contribution in [3.63, 3.8) is 0 Å². The Morgan fingerprint density at radius 3 is 2.78 bits per heavy atom. The van der Waals surface area contributed by atoms with Crippen LogP contribution < -0.4 is 4.90 Å². The number of hydrogen-bond acceptors (Lipinski definition) is 3. The molecule has 8 heteroatoms. The molecule has 0 radical (unpaired) electrons. The van der Waals surface area contributed by atoms with Crippen molar-refractivity contribution in [1.29, 1.82) is 0 Å². The van der Waals surface area contributed by atoms with E-state index in [2.05, 4.69) is 15.0 Å². The van der Waals surface area contributed by atoms with Gasteiger partial charge in [0.25, 0.3) is 0 Å². The van der Waals surface area contributed by atoms with E-state index in [0.29, 0.717) is 0 Å². The molecule has 0 saturated carbocycles. The monoisotopic (exact) mass is 253 g/mol. The smallest absolute Gasteiger partial charge is 0.227 e. The third kappa shape index (κ3) is 2.54. The fraction of sp³-hybridized carbons (Fsp3) is 0.400. The molecule has 0 bridgehead atoms. The highest BCUT2D eigenvalue weighted by Crippen LogP contribution is 2.25. The van der Waals surface area contributed by atoms with E-state index in [-0.39, 0.29) is 37.0 Å². The zero-order valence-electron chi connectivity index (χ0n) is 9.25. The molecule has 1 aliphatic rings. The van der Waals surface area contributed by atoms with Gasteiger partial charge in [0.05, 0.1) is 5.69 Å². The largest absolute Gasteiger partial charge is 0.312 e. The Labute approximate surface area is 101 Å². The van der Waals surface area contributed by atoms with E-state index in [1.807, 2.05) is 0 Å². The lowest BCUT2D eigenvalue weighted by Crippen LogP contribution is -2.25. The van der Waals surface area contributed by atoms with Gasteiger partial charge < -0.3 is 4.90 Å². The maximum Gasteiger partial charge on any atom is 0.227 e. The number of halogens is 2. The van der Waals surface area contributed by atoms with Crippen LogP contribution in [0.15, 0.2) is 17.2 Å². The number of carbonyl (C=O) groups is 1. The summed E-state index contributed by atoms with van der Waals surface area (Å²) in [7, 11) is 0. The van der Waals surface area contributed by atoms with Gasteiger partial charge in [0, 0.05) is 36.6 Å². The van der Waals surface area contributed by atoms with Crippen molar-refractivity contribution in [3.05, 3.63) is 34.5 Å². The van der Waals surface area contributed by atoms with E-state index < -0.39 is 11.9 Å². The lowest BCUT2D eigenvalue weighted by atomic mass is 10.1. The van der Waals surface area contributed by atoms with E-state index in [1.54, 1.807) is 0 Å². The minimum atomic E-state index is -0.976. The molecule has 0 spiro atoms. The van der Waals surface area contributed by atoms with Crippen LogP contribution in [-0.4, -0.2) is 24.0 Å². The summed E-state index contributed by atoms with van der Waals surface area (Å²) in [5.74, 6) is -2.33. The normalized spacial score (nSPS) is 18.9. The first-order valence-electron chi connectivity index (χ1n) is 5.24. The molecule has 1 saturated heterocycles. The number of amides is 1. The predicted molar refractivity (Wildman–Crippen MR) is 58.6 cm³/mol. The molecule has 0 aromatic carbocycles. The highest BCUT2D eigenvalue weighted by atomic mass is 19.1. The van der Waals surface area contributed by atoms with Crippen LogP contribution in [0.5, 0.6) is 0 Å². The molecule has 0 N–H and O–H groups in total. The van der Waals surface area contributed by atoms with Gasteiger partial charge in [-0.15, -0.1) is 0 Å². The summed E-state index contributed by atoms with van der Waals surface area (Å²) in [5, 5.41) is 3.39. The molecule has 1 fully saturated rings. The Bertz CT molecular complexity index is 509. The number of pyridine rings is 1. The van der Waals surface area contributed by atoms with Gasteiger partial charge in [-0.3, -0.25) is 4.79 Å². The number of rotatable bonds is 3. The number of anilines is 1. The van der Waals surface area contributed by atoms with Crippen LogP contribution in [0.3, 0.4) is 0 Å². The molecule has 1 aromatic rings. The Kier molecular flexibility index (Phi) is 3.38. The third-order valence-electron chi connectivity index (χ3n) is 2.67. The van der Waals surface area contributed by atoms with Gasteiger partial charge in [-0.1, -0.05) is 5.11 Å². The molecule has 6 nitrogen and oxygen atoms in total. The first-order chi connectivity index (χ1) is 8.60. The van der Waals surface area contributed by atoms with Gasteiger partial charge >= 0.3 is 0 Å². The van der Waals surface area contributed by atoms with Crippen LogP contribution >= 0.6 is 0 Å². The van der Waals surface area contributed by atoms with E-state index in [0.717, 1.165) is 12.1 Å². The van der Waals surface area contributed by atoms with Crippen molar-refractivity contribution >= 4 is 11.6 Å². The zero-order chi connectivity index (χ0) is 13.1. The molecule has 94 valence electrons. The summed E-state index contributed by atoms with van der Waals surface area (Å²) in [5.41, 5.74) is 8.33. The second kappa shape index (κ2) is 4.97. The molecule has 1 unspecified atom stereocenters. The number of azide groups is 1. The molecule has 2 heterocycles. The van der Waals surface area contributed by atoms with Gasteiger partial charge in [-0.25, -0.2) is 0 Å². The van der Waals surface area contributed by atoms with Crippen LogP contribution in [0, 0.1) is 17.8 Å². The van der Waals surface area contributed by atoms with Gasteiger partial charge in [-0.05, 0) is 11.4 Å². The minimum Gasteiger partial charge on any atom is -0.312 e. The Hall–Kier alpha value is -2.21. The van der Waals surface area contributed by atoms with Crippen molar-refractivity contribution in [2.75, 3.05) is 18.0 Å². The van der Waals surface area contributed by atoms with E-state index >= 15 is 0 Å². The van der Waals surface area contributed by atoms with Crippen molar-refractivity contribution in [2.45, 2.75) is 6.42 Å². The highest BCUT2D eigenvalue weighted by Gasteiger charge is 2.30. The topological polar surface area (TPSA) is 82.0 Å². The average Bonchev–Trinajstić information content (AvgIpc) is 2.66. The van der Waals surface area contributed by atoms with Crippen LogP contribution in [0.1, 0.15) is 6.42 Å². The second-order valence-electron chi connectivity index (χ2n) is 3.96. The molecular formula is C10H9F2N5O. The predicted octanol–water partition coefficient (Wildman–Crippen LogP) is 2.02. The maximum atomic E-state index is 13.0. The Balaban J connectivity index is 2.18. The number of aromatic nitrogens is 1. The fourth-order valence-corrected chi connectivity index (χ4v) is 1.91. The lowest BCUT2D eigenvalue weighted by molar-refractivity contribution is -0.117. The second-order valence-corrected chi connectivity index (χ2v) is 3.96. The van der Waals surface area contributed by atoms with E-state index in [9.17, 15) is 13.6 Å². The van der Waals surface area contributed by atoms with Crippen LogP contribution in [-0.2, 0) is 4.79 Å². The van der Waals surface area contributed by atoms with Crippen molar-refractivity contribution in [3.8, 4) is 0 Å². The summed E-state index contributed by atoms with van der Waals surface area (Å²) in [4.78, 5) is 18.5. The van der Waals surface area contributed by atoms with Gasteiger partial charge in [-0.2, -0.15) is 13.8 Å². The minimum absolute atomic E-state index is 0.132. The molecular weight excluding hydrogens is 244 g/mol. The van der Waals surface area contributed by atoms with Crippen molar-refractivity contribution in [1.82, 2.24) is 4.98 Å². The first kappa shape index (κ1) is 12.3. The summed E-state index contributed by atoms with van der Waals surface area (Å²) in [6, 6.07) is 1.99. The van der Waals surface area contributed by atoms with Gasteiger partial charge in [0.1, 0.15) is 0 Å². The average molecular weight is 253 g/mol. The van der Waals surface area contributed by atoms with Gasteiger partial charge in [0.15, 0.2) is 0 Å². The van der Waals surface area contributed by atoms with Crippen LogP contribution in [0.25, 0.3) is 10.4 Å². The van der Waals surface area contributed by atoms with Crippen molar-refractivity contribution in [2.24, 2.45) is 11.0 Å². The standard InChI is InChI=1S/C10H9F2N5O/c11-8-2-7(3-9(12)15-8)17-5-6(1-10(17)18)4-14-16-13/h2-3,6H,1,4-5H2. The molecule has 1 aromatic heterocycles. The molecule has 18 heavy (non-hydrogen) atoms. The quantitative estimate of drug-likeness (QED) is 0.357. The number of nitrogens with zero attached hydrogens (tertiary/aromatic N) is 5. The van der Waals surface area contributed by atoms with Crippen LogP contribution in [0.4, 0.5) is 14.5 Å². The SMILES string of the molecule is [N-]=[N+]=NCC1CC(=O)N(c2cc(F)nc(F)c2)C1. The van der Waals surface area contributed by atoms with E-state index in [4.69, 9.17) is 5.53 Å². The highest BCUT2D eigenvalue weighted by molar-refractivity contribution is 5.95. The Morgan fingerprint density at radius 2 is 2.17 bits per heavy atom. The molecule has 0 aliphatic carbocycles. The first-order valence-corrected chi connectivity index (χ1v) is 5.24. The third-order valence-corrected chi connectivity index (χ3v) is 2.67. The Morgan fingerprint density at radius 1 is 1.50 bits per heavy atom. The zero-order valence-corrected chi connectivity index (χ0v) is 9.25. The summed E-state index contributed by atoms with van der Waals surface area (Å²) in [6.07, 6.45) is 0.199. The molecule has 1 atom stereocenters. The van der Waals surface area contributed by atoms with Crippen molar-refractivity contribution < 1.29 is 13.6 Å². The van der Waals surface area contributed by atoms with Crippen LogP contribution in [0.2, 0.25) is 0 Å².